The lowest BCUT2D eigenvalue weighted by atomic mass is 10.2. The van der Waals surface area contributed by atoms with Crippen LogP contribution in [0.4, 0.5) is 10.5 Å². The molecule has 2 rings (SSSR count). The highest BCUT2D eigenvalue weighted by atomic mass is 32.2. The predicted molar refractivity (Wildman–Crippen MR) is 61.5 cm³/mol. The van der Waals surface area contributed by atoms with Crippen molar-refractivity contribution in [3.05, 3.63) is 24.3 Å². The average Bonchev–Trinajstić information content (AvgIpc) is 2.68. The van der Waals surface area contributed by atoms with Crippen LogP contribution < -0.4 is 10.6 Å². The first-order valence-electron chi connectivity index (χ1n) is 4.68. The molecule has 84 valence electrons. The molecule has 0 saturated carbocycles. The summed E-state index contributed by atoms with van der Waals surface area (Å²) in [5.41, 5.74) is 0.592. The maximum atomic E-state index is 11.6. The number of carbonyl (C=O) groups excluding carboxylic acids is 2. The monoisotopic (exact) mass is 238 g/mol. The largest absolute Gasteiger partial charge is 0.508 e. The van der Waals surface area contributed by atoms with Crippen LogP contribution in [0.2, 0.25) is 0 Å². The van der Waals surface area contributed by atoms with E-state index in [4.69, 9.17) is 5.11 Å². The van der Waals surface area contributed by atoms with Crippen LogP contribution in [0.15, 0.2) is 24.3 Å². The minimum atomic E-state index is -0.480. The van der Waals surface area contributed by atoms with Gasteiger partial charge in [0.15, 0.2) is 0 Å². The Morgan fingerprint density at radius 3 is 2.69 bits per heavy atom. The van der Waals surface area contributed by atoms with E-state index in [0.29, 0.717) is 11.4 Å². The Balaban J connectivity index is 1.97. The van der Waals surface area contributed by atoms with E-state index in [1.807, 2.05) is 0 Å². The average molecular weight is 238 g/mol. The highest BCUT2D eigenvalue weighted by Gasteiger charge is 2.27. The summed E-state index contributed by atoms with van der Waals surface area (Å²) in [6.07, 6.45) is 0. The van der Waals surface area contributed by atoms with E-state index in [-0.39, 0.29) is 16.9 Å². The van der Waals surface area contributed by atoms with Crippen LogP contribution in [0.3, 0.4) is 0 Å². The first-order valence-corrected chi connectivity index (χ1v) is 5.67. The second-order valence-corrected chi connectivity index (χ2v) is 4.32. The highest BCUT2D eigenvalue weighted by Crippen LogP contribution is 2.17. The first-order chi connectivity index (χ1) is 7.65. The molecule has 0 radical (unpaired) electrons. The normalized spacial score (nSPS) is 19.2. The van der Waals surface area contributed by atoms with Crippen molar-refractivity contribution in [1.82, 2.24) is 5.32 Å². The van der Waals surface area contributed by atoms with E-state index in [9.17, 15) is 9.59 Å². The van der Waals surface area contributed by atoms with Crippen molar-refractivity contribution < 1.29 is 14.7 Å². The summed E-state index contributed by atoms with van der Waals surface area (Å²) in [4.78, 5) is 22.5. The molecule has 0 bridgehead atoms. The Morgan fingerprint density at radius 2 is 2.12 bits per heavy atom. The van der Waals surface area contributed by atoms with E-state index in [1.165, 1.54) is 12.1 Å². The number of anilines is 1. The Kier molecular flexibility index (Phi) is 3.00. The SMILES string of the molecule is O=C1NC(C(=O)Nc2ccc(O)cc2)CS1. The molecule has 0 aliphatic carbocycles. The van der Waals surface area contributed by atoms with Gasteiger partial charge in [-0.1, -0.05) is 11.8 Å². The summed E-state index contributed by atoms with van der Waals surface area (Å²) < 4.78 is 0. The zero-order chi connectivity index (χ0) is 11.5. The van der Waals surface area contributed by atoms with Gasteiger partial charge < -0.3 is 15.7 Å². The van der Waals surface area contributed by atoms with Gasteiger partial charge in [0.25, 0.3) is 5.24 Å². The maximum absolute atomic E-state index is 11.6. The number of hydrogen-bond acceptors (Lipinski definition) is 4. The summed E-state index contributed by atoms with van der Waals surface area (Å²) in [6.45, 7) is 0. The van der Waals surface area contributed by atoms with Gasteiger partial charge in [0.1, 0.15) is 11.8 Å². The number of phenolic OH excluding ortho intramolecular Hbond substituents is 1. The van der Waals surface area contributed by atoms with Gasteiger partial charge in [-0.15, -0.1) is 0 Å². The standard InChI is InChI=1S/C10H10N2O3S/c13-7-3-1-6(2-4-7)11-9(14)8-5-16-10(15)12-8/h1-4,8,13H,5H2,(H,11,14)(H,12,15). The van der Waals surface area contributed by atoms with E-state index in [1.54, 1.807) is 12.1 Å². The van der Waals surface area contributed by atoms with Gasteiger partial charge in [0.05, 0.1) is 0 Å². The summed E-state index contributed by atoms with van der Waals surface area (Å²) in [7, 11) is 0. The van der Waals surface area contributed by atoms with Crippen LogP contribution in [-0.4, -0.2) is 28.0 Å². The van der Waals surface area contributed by atoms with Gasteiger partial charge in [0.2, 0.25) is 5.91 Å². The molecule has 1 fully saturated rings. The number of phenols is 1. The second kappa shape index (κ2) is 4.44. The lowest BCUT2D eigenvalue weighted by Crippen LogP contribution is -2.38. The highest BCUT2D eigenvalue weighted by molar-refractivity contribution is 8.14. The summed E-state index contributed by atoms with van der Waals surface area (Å²) in [6, 6.07) is 5.68. The lowest BCUT2D eigenvalue weighted by Gasteiger charge is -2.09. The molecule has 1 aliphatic heterocycles. The van der Waals surface area contributed by atoms with Gasteiger partial charge in [-0.2, -0.15) is 0 Å². The minimum absolute atomic E-state index is 0.141. The molecule has 1 saturated heterocycles. The Hall–Kier alpha value is -1.69. The molecule has 0 spiro atoms. The number of rotatable bonds is 2. The topological polar surface area (TPSA) is 78.4 Å². The zero-order valence-corrected chi connectivity index (χ0v) is 9.08. The summed E-state index contributed by atoms with van der Waals surface area (Å²) >= 11 is 1.10. The van der Waals surface area contributed by atoms with Crippen LogP contribution in [0.1, 0.15) is 0 Å². The molecule has 0 aromatic heterocycles. The van der Waals surface area contributed by atoms with Crippen molar-refractivity contribution in [3.63, 3.8) is 0 Å². The van der Waals surface area contributed by atoms with Crippen molar-refractivity contribution in [2.75, 3.05) is 11.1 Å². The van der Waals surface area contributed by atoms with Crippen LogP contribution >= 0.6 is 11.8 Å². The predicted octanol–water partition coefficient (Wildman–Crippen LogP) is 1.16. The molecule has 1 aromatic rings. The lowest BCUT2D eigenvalue weighted by molar-refractivity contribution is -0.117. The van der Waals surface area contributed by atoms with E-state index in [2.05, 4.69) is 10.6 Å². The van der Waals surface area contributed by atoms with Crippen LogP contribution in [-0.2, 0) is 4.79 Å². The minimum Gasteiger partial charge on any atom is -0.508 e. The number of aromatic hydroxyl groups is 1. The molecule has 3 N–H and O–H groups in total. The van der Waals surface area contributed by atoms with Crippen LogP contribution in [0, 0.1) is 0 Å². The smallest absolute Gasteiger partial charge is 0.279 e. The van der Waals surface area contributed by atoms with Crippen molar-refractivity contribution in [2.24, 2.45) is 0 Å². The molecule has 16 heavy (non-hydrogen) atoms. The molecule has 1 aliphatic rings. The maximum Gasteiger partial charge on any atom is 0.279 e. The molecular weight excluding hydrogens is 228 g/mol. The number of nitrogens with one attached hydrogen (secondary N) is 2. The molecule has 6 heteroatoms. The molecule has 5 nitrogen and oxygen atoms in total. The van der Waals surface area contributed by atoms with Crippen LogP contribution in [0.5, 0.6) is 5.75 Å². The quantitative estimate of drug-likeness (QED) is 0.675. The summed E-state index contributed by atoms with van der Waals surface area (Å²) in [5, 5.41) is 14.1. The number of amides is 2. The third-order valence-electron chi connectivity index (χ3n) is 2.12. The molecule has 1 aromatic carbocycles. The second-order valence-electron chi connectivity index (χ2n) is 3.33. The molecule has 1 atom stereocenters. The van der Waals surface area contributed by atoms with Crippen molar-refractivity contribution >= 4 is 28.6 Å². The van der Waals surface area contributed by atoms with Crippen molar-refractivity contribution in [3.8, 4) is 5.75 Å². The van der Waals surface area contributed by atoms with E-state index >= 15 is 0 Å². The number of carbonyl (C=O) groups is 2. The van der Waals surface area contributed by atoms with Gasteiger partial charge in [-0.3, -0.25) is 9.59 Å². The Morgan fingerprint density at radius 1 is 1.44 bits per heavy atom. The van der Waals surface area contributed by atoms with Crippen molar-refractivity contribution in [2.45, 2.75) is 6.04 Å². The van der Waals surface area contributed by atoms with Gasteiger partial charge >= 0.3 is 0 Å². The summed E-state index contributed by atoms with van der Waals surface area (Å²) in [5.74, 6) is 0.342. The Labute approximate surface area is 96.2 Å². The fourth-order valence-corrected chi connectivity index (χ4v) is 2.08. The molecule has 1 unspecified atom stereocenters. The number of thioether (sulfide) groups is 1. The van der Waals surface area contributed by atoms with Crippen molar-refractivity contribution in [1.29, 1.82) is 0 Å². The molecule has 1 heterocycles. The van der Waals surface area contributed by atoms with Gasteiger partial charge in [-0.25, -0.2) is 0 Å². The fraction of sp³-hybridized carbons (Fsp3) is 0.200. The molecular formula is C10H10N2O3S. The third kappa shape index (κ3) is 2.46. The third-order valence-corrected chi connectivity index (χ3v) is 3.00. The Bertz CT molecular complexity index is 419. The van der Waals surface area contributed by atoms with Crippen LogP contribution in [0.25, 0.3) is 0 Å². The van der Waals surface area contributed by atoms with E-state index < -0.39 is 6.04 Å². The van der Waals surface area contributed by atoms with Gasteiger partial charge in [-0.05, 0) is 24.3 Å². The number of benzene rings is 1. The van der Waals surface area contributed by atoms with E-state index in [0.717, 1.165) is 11.8 Å². The van der Waals surface area contributed by atoms with Gasteiger partial charge in [0, 0.05) is 11.4 Å². The molecule has 2 amide bonds. The number of hydrogen-bond donors (Lipinski definition) is 3. The first kappa shape index (κ1) is 10.8. The zero-order valence-electron chi connectivity index (χ0n) is 8.27. The fourth-order valence-electron chi connectivity index (χ4n) is 1.30.